The van der Waals surface area contributed by atoms with Crippen molar-refractivity contribution >= 4 is 61.1 Å². The molecule has 1 N–H and O–H groups in total. The second-order valence-electron chi connectivity index (χ2n) is 11.2. The highest BCUT2D eigenvalue weighted by Crippen LogP contribution is 2.46. The van der Waals surface area contributed by atoms with Crippen LogP contribution in [-0.4, -0.2) is 55.7 Å². The summed E-state index contributed by atoms with van der Waals surface area (Å²) in [5.74, 6) is -0.532. The van der Waals surface area contributed by atoms with Crippen LogP contribution in [0.1, 0.15) is 70.6 Å². The highest BCUT2D eigenvalue weighted by molar-refractivity contribution is 6.37. The monoisotopic (exact) mass is 506 g/mol. The van der Waals surface area contributed by atoms with Gasteiger partial charge < -0.3 is 10.0 Å². The van der Waals surface area contributed by atoms with Gasteiger partial charge in [-0.15, -0.1) is 0 Å². The summed E-state index contributed by atoms with van der Waals surface area (Å²) in [6, 6.07) is 7.28. The molecule has 2 aliphatic heterocycles. The van der Waals surface area contributed by atoms with Gasteiger partial charge in [0.05, 0.1) is 16.6 Å². The predicted molar refractivity (Wildman–Crippen MR) is 144 cm³/mol. The zero-order valence-electron chi connectivity index (χ0n) is 21.6. The smallest absolute Gasteiger partial charge is 0.262 e. The van der Waals surface area contributed by atoms with Crippen LogP contribution < -0.4 is 0 Å². The van der Waals surface area contributed by atoms with Gasteiger partial charge in [-0.05, 0) is 24.0 Å². The molecule has 8 heteroatoms. The van der Waals surface area contributed by atoms with E-state index in [1.165, 1.54) is 9.80 Å². The zero-order valence-corrected chi connectivity index (χ0v) is 21.6. The van der Waals surface area contributed by atoms with Crippen molar-refractivity contribution in [2.75, 3.05) is 13.1 Å². The second kappa shape index (κ2) is 7.68. The Morgan fingerprint density at radius 2 is 1.26 bits per heavy atom. The summed E-state index contributed by atoms with van der Waals surface area (Å²) in [4.78, 5) is 52.6. The molecule has 8 nitrogen and oxygen atoms in total. The fourth-order valence-electron chi connectivity index (χ4n) is 6.24. The summed E-state index contributed by atoms with van der Waals surface area (Å²) in [5, 5.41) is 15.5. The molecule has 1 atom stereocenters. The third-order valence-electron chi connectivity index (χ3n) is 7.73. The fraction of sp³-hybridized carbons (Fsp3) is 0.300. The number of carbonyl (C=O) groups excluding carboxylic acids is 3. The van der Waals surface area contributed by atoms with Gasteiger partial charge in [0.2, 0.25) is 0 Å². The molecule has 0 radical (unpaired) electrons. The highest BCUT2D eigenvalue weighted by Gasteiger charge is 2.37. The lowest BCUT2D eigenvalue weighted by molar-refractivity contribution is -0.000130. The Hall–Kier alpha value is -4.17. The SMILES string of the molecule is CC(C)CN1C(=O)c2ccc3c4ncc5c6c(ccc(c7ncc(c2c37)C1=O)c64)C(=O)N(CC(C)C)C5O. The first kappa shape index (κ1) is 23.0. The van der Waals surface area contributed by atoms with Crippen LogP contribution in [0.4, 0.5) is 0 Å². The quantitative estimate of drug-likeness (QED) is 0.212. The van der Waals surface area contributed by atoms with E-state index in [9.17, 15) is 19.5 Å². The topological polar surface area (TPSA) is 104 Å². The Kier molecular flexibility index (Phi) is 4.64. The number of benzene rings is 3. The van der Waals surface area contributed by atoms with E-state index in [1.54, 1.807) is 24.5 Å². The van der Waals surface area contributed by atoms with Crippen LogP contribution >= 0.6 is 0 Å². The van der Waals surface area contributed by atoms with Crippen molar-refractivity contribution in [1.82, 2.24) is 19.8 Å². The van der Waals surface area contributed by atoms with Crippen molar-refractivity contribution in [2.45, 2.75) is 33.9 Å². The maximum atomic E-state index is 13.5. The molecule has 7 rings (SSSR count). The molecule has 0 fully saturated rings. The van der Waals surface area contributed by atoms with Crippen molar-refractivity contribution in [3.8, 4) is 0 Å². The Morgan fingerprint density at radius 3 is 1.89 bits per heavy atom. The molecule has 3 aromatic carbocycles. The van der Waals surface area contributed by atoms with Gasteiger partial charge >= 0.3 is 0 Å². The zero-order chi connectivity index (χ0) is 26.6. The average molecular weight is 507 g/mol. The van der Waals surface area contributed by atoms with Crippen molar-refractivity contribution in [3.05, 3.63) is 58.9 Å². The van der Waals surface area contributed by atoms with Gasteiger partial charge in [-0.3, -0.25) is 29.3 Å². The molecule has 38 heavy (non-hydrogen) atoms. The van der Waals surface area contributed by atoms with E-state index < -0.39 is 6.23 Å². The first-order valence-corrected chi connectivity index (χ1v) is 13.0. The lowest BCUT2D eigenvalue weighted by atomic mass is 9.86. The Labute approximate surface area is 218 Å². The van der Waals surface area contributed by atoms with Crippen molar-refractivity contribution < 1.29 is 19.5 Å². The lowest BCUT2D eigenvalue weighted by Crippen LogP contribution is -2.42. The van der Waals surface area contributed by atoms with Crippen molar-refractivity contribution in [3.63, 3.8) is 0 Å². The molecule has 0 spiro atoms. The van der Waals surface area contributed by atoms with Crippen LogP contribution in [-0.2, 0) is 0 Å². The van der Waals surface area contributed by atoms with Crippen LogP contribution in [0.25, 0.3) is 43.4 Å². The lowest BCUT2D eigenvalue weighted by Gasteiger charge is -2.35. The van der Waals surface area contributed by atoms with E-state index in [0.717, 1.165) is 21.5 Å². The van der Waals surface area contributed by atoms with Gasteiger partial charge in [0.15, 0.2) is 6.23 Å². The summed E-state index contributed by atoms with van der Waals surface area (Å²) in [7, 11) is 0. The number of imide groups is 1. The molecule has 0 saturated carbocycles. The maximum Gasteiger partial charge on any atom is 0.262 e. The largest absolute Gasteiger partial charge is 0.369 e. The van der Waals surface area contributed by atoms with Crippen LogP contribution in [0.3, 0.4) is 0 Å². The van der Waals surface area contributed by atoms with Gasteiger partial charge in [0.1, 0.15) is 0 Å². The molecule has 190 valence electrons. The number of aromatic nitrogens is 2. The van der Waals surface area contributed by atoms with Crippen molar-refractivity contribution in [2.24, 2.45) is 11.8 Å². The third-order valence-corrected chi connectivity index (χ3v) is 7.73. The summed E-state index contributed by atoms with van der Waals surface area (Å²) < 4.78 is 0. The second-order valence-corrected chi connectivity index (χ2v) is 11.2. The van der Waals surface area contributed by atoms with E-state index in [4.69, 9.17) is 9.97 Å². The van der Waals surface area contributed by atoms with E-state index in [0.29, 0.717) is 57.1 Å². The standard InChI is InChI=1S/C30H26N4O4/c1-13(2)11-33-27(35)17-7-5-15-23-21(17)19(29(33)37)9-31-25(23)16-6-8-18-22-20(10-32-26(15)24(16)22)30(38)34(28(18)36)12-14(3)4/h5-10,13-14,29,37H,11-12H2,1-4H3. The number of pyridine rings is 2. The maximum absolute atomic E-state index is 13.5. The number of aliphatic hydroxyl groups is 1. The summed E-state index contributed by atoms with van der Waals surface area (Å²) in [5.41, 5.74) is 3.29. The van der Waals surface area contributed by atoms with E-state index >= 15 is 0 Å². The highest BCUT2D eigenvalue weighted by atomic mass is 16.3. The molecule has 3 amide bonds. The molecule has 1 unspecified atom stereocenters. The molecule has 0 saturated heterocycles. The first-order valence-electron chi connectivity index (χ1n) is 13.0. The molecule has 2 aromatic heterocycles. The number of amides is 3. The van der Waals surface area contributed by atoms with E-state index in [1.807, 2.05) is 39.8 Å². The number of hydrogen-bond acceptors (Lipinski definition) is 6. The summed E-state index contributed by atoms with van der Waals surface area (Å²) >= 11 is 0. The van der Waals surface area contributed by atoms with E-state index in [2.05, 4.69) is 0 Å². The number of rotatable bonds is 4. The van der Waals surface area contributed by atoms with Gasteiger partial charge in [-0.25, -0.2) is 0 Å². The van der Waals surface area contributed by atoms with Gasteiger partial charge in [0, 0.05) is 74.5 Å². The summed E-state index contributed by atoms with van der Waals surface area (Å²) in [6.45, 7) is 8.72. The minimum atomic E-state index is -1.10. The van der Waals surface area contributed by atoms with Gasteiger partial charge in [-0.1, -0.05) is 39.8 Å². The fourth-order valence-corrected chi connectivity index (χ4v) is 6.24. The van der Waals surface area contributed by atoms with E-state index in [-0.39, 0.29) is 29.6 Å². The minimum absolute atomic E-state index is 0.135. The number of carbonyl (C=O) groups is 3. The molecule has 5 aromatic rings. The summed E-state index contributed by atoms with van der Waals surface area (Å²) in [6.07, 6.45) is 2.11. The molecule has 4 heterocycles. The number of nitrogens with zero attached hydrogens (tertiary/aromatic N) is 4. The van der Waals surface area contributed by atoms with Crippen molar-refractivity contribution in [1.29, 1.82) is 0 Å². The van der Waals surface area contributed by atoms with Crippen LogP contribution in [0.15, 0.2) is 36.7 Å². The average Bonchev–Trinajstić information content (AvgIpc) is 2.89. The number of aliphatic hydroxyl groups excluding tert-OH is 1. The predicted octanol–water partition coefficient (Wildman–Crippen LogP) is 4.88. The molecule has 2 aliphatic rings. The number of fused-ring (bicyclic) bond motifs is 2. The molecular formula is C30H26N4O4. The van der Waals surface area contributed by atoms with Crippen LogP contribution in [0.2, 0.25) is 0 Å². The molecule has 0 aliphatic carbocycles. The normalized spacial score (nSPS) is 17.6. The van der Waals surface area contributed by atoms with Crippen LogP contribution in [0.5, 0.6) is 0 Å². The molecular weight excluding hydrogens is 480 g/mol. The third kappa shape index (κ3) is 2.81. The van der Waals surface area contributed by atoms with Crippen LogP contribution in [0, 0.1) is 11.8 Å². The van der Waals surface area contributed by atoms with Gasteiger partial charge in [0.25, 0.3) is 17.7 Å². The Morgan fingerprint density at radius 1 is 0.711 bits per heavy atom. The Balaban J connectivity index is 1.57. The van der Waals surface area contributed by atoms with Gasteiger partial charge in [-0.2, -0.15) is 0 Å². The molecule has 0 bridgehead atoms. The Bertz CT molecular complexity index is 1810. The minimum Gasteiger partial charge on any atom is -0.369 e. The number of hydrogen-bond donors (Lipinski definition) is 1. The first-order chi connectivity index (χ1) is 18.2.